The second kappa shape index (κ2) is 7.10. The molecular formula is C17H22N2O4. The second-order valence-corrected chi connectivity index (χ2v) is 6.07. The molecule has 23 heavy (non-hydrogen) atoms. The summed E-state index contributed by atoms with van der Waals surface area (Å²) in [5, 5.41) is 0. The van der Waals surface area contributed by atoms with Crippen LogP contribution in [0.3, 0.4) is 0 Å². The lowest BCUT2D eigenvalue weighted by Crippen LogP contribution is -2.40. The minimum absolute atomic E-state index is 0.218. The minimum atomic E-state index is -1.12. The van der Waals surface area contributed by atoms with Gasteiger partial charge < -0.3 is 9.47 Å². The van der Waals surface area contributed by atoms with Crippen LogP contribution in [0, 0.1) is 5.41 Å². The van der Waals surface area contributed by atoms with Crippen molar-refractivity contribution in [2.45, 2.75) is 38.4 Å². The molecule has 2 heterocycles. The normalized spacial score (nSPS) is 23.4. The number of rotatable bonds is 6. The number of hydrogen-bond acceptors (Lipinski definition) is 4. The fourth-order valence-corrected chi connectivity index (χ4v) is 3.08. The summed E-state index contributed by atoms with van der Waals surface area (Å²) in [4.78, 5) is 24.6. The van der Waals surface area contributed by atoms with Crippen molar-refractivity contribution >= 4 is 11.8 Å². The lowest BCUT2D eigenvalue weighted by atomic mass is 9.78. The lowest BCUT2D eigenvalue weighted by Gasteiger charge is -2.26. The standard InChI is InChI=1S/C17H22N2O4/c20-15-17(16(21)19-18-15,12-13-6-2-1-3-7-13)9-11-23-14-8-4-5-10-22-14/h1-3,6-7,14H,4-5,8-12H2,(H,18,20)(H,19,21). The van der Waals surface area contributed by atoms with E-state index in [4.69, 9.17) is 9.47 Å². The first-order valence-corrected chi connectivity index (χ1v) is 8.09. The molecule has 2 amide bonds. The predicted molar refractivity (Wildman–Crippen MR) is 83.0 cm³/mol. The minimum Gasteiger partial charge on any atom is -0.353 e. The molecule has 1 unspecified atom stereocenters. The van der Waals surface area contributed by atoms with Gasteiger partial charge in [0.05, 0.1) is 6.61 Å². The van der Waals surface area contributed by atoms with Gasteiger partial charge in [-0.1, -0.05) is 30.3 Å². The van der Waals surface area contributed by atoms with Crippen molar-refractivity contribution in [3.8, 4) is 0 Å². The molecule has 2 aliphatic rings. The highest BCUT2D eigenvalue weighted by molar-refractivity contribution is 6.10. The monoisotopic (exact) mass is 318 g/mol. The number of hydrazine groups is 1. The zero-order chi connectivity index (χ0) is 16.1. The third-order valence-corrected chi connectivity index (χ3v) is 4.48. The molecular weight excluding hydrogens is 296 g/mol. The van der Waals surface area contributed by atoms with Gasteiger partial charge in [-0.3, -0.25) is 20.4 Å². The number of benzene rings is 1. The van der Waals surface area contributed by atoms with Gasteiger partial charge in [0.2, 0.25) is 0 Å². The lowest BCUT2D eigenvalue weighted by molar-refractivity contribution is -0.168. The van der Waals surface area contributed by atoms with Crippen LogP contribution >= 0.6 is 0 Å². The molecule has 2 saturated heterocycles. The van der Waals surface area contributed by atoms with Crippen LogP contribution in [-0.2, 0) is 25.5 Å². The van der Waals surface area contributed by atoms with Crippen molar-refractivity contribution in [3.05, 3.63) is 35.9 Å². The molecule has 0 spiro atoms. The first-order valence-electron chi connectivity index (χ1n) is 8.09. The van der Waals surface area contributed by atoms with E-state index in [-0.39, 0.29) is 18.1 Å². The summed E-state index contributed by atoms with van der Waals surface area (Å²) in [6.45, 7) is 1.03. The average Bonchev–Trinajstić information content (AvgIpc) is 2.85. The maximum atomic E-state index is 12.3. The molecule has 1 atom stereocenters. The van der Waals surface area contributed by atoms with Gasteiger partial charge in [-0.15, -0.1) is 0 Å². The SMILES string of the molecule is O=C1NNC(=O)C1(CCOC1CCCCO1)Cc1ccccc1. The van der Waals surface area contributed by atoms with Crippen molar-refractivity contribution in [1.29, 1.82) is 0 Å². The smallest absolute Gasteiger partial charge is 0.254 e. The van der Waals surface area contributed by atoms with Crippen LogP contribution in [0.25, 0.3) is 0 Å². The van der Waals surface area contributed by atoms with Gasteiger partial charge in [-0.05, 0) is 37.7 Å². The molecule has 0 saturated carbocycles. The van der Waals surface area contributed by atoms with Crippen molar-refractivity contribution in [2.75, 3.05) is 13.2 Å². The van der Waals surface area contributed by atoms with Crippen LogP contribution < -0.4 is 10.9 Å². The topological polar surface area (TPSA) is 76.7 Å². The van der Waals surface area contributed by atoms with E-state index in [1.165, 1.54) is 0 Å². The molecule has 1 aromatic carbocycles. The Hall–Kier alpha value is -1.92. The summed E-state index contributed by atoms with van der Waals surface area (Å²) in [5.41, 5.74) is 4.72. The number of hydrogen-bond donors (Lipinski definition) is 2. The third-order valence-electron chi connectivity index (χ3n) is 4.48. The Morgan fingerprint density at radius 1 is 1.13 bits per heavy atom. The van der Waals surface area contributed by atoms with E-state index >= 15 is 0 Å². The van der Waals surface area contributed by atoms with Crippen LogP contribution in [0.4, 0.5) is 0 Å². The molecule has 6 heteroatoms. The summed E-state index contributed by atoms with van der Waals surface area (Å²) >= 11 is 0. The van der Waals surface area contributed by atoms with Crippen LogP contribution in [0.15, 0.2) is 30.3 Å². The van der Waals surface area contributed by atoms with Gasteiger partial charge >= 0.3 is 0 Å². The summed E-state index contributed by atoms with van der Waals surface area (Å²) in [6.07, 6.45) is 3.48. The van der Waals surface area contributed by atoms with Crippen LogP contribution in [0.5, 0.6) is 0 Å². The molecule has 2 aliphatic heterocycles. The zero-order valence-corrected chi connectivity index (χ0v) is 13.0. The number of carbonyl (C=O) groups excluding carboxylic acids is 2. The van der Waals surface area contributed by atoms with Gasteiger partial charge in [0.15, 0.2) is 6.29 Å². The maximum Gasteiger partial charge on any atom is 0.254 e. The van der Waals surface area contributed by atoms with Crippen molar-refractivity contribution in [1.82, 2.24) is 10.9 Å². The fourth-order valence-electron chi connectivity index (χ4n) is 3.08. The maximum absolute atomic E-state index is 12.3. The zero-order valence-electron chi connectivity index (χ0n) is 13.0. The molecule has 0 radical (unpaired) electrons. The number of ether oxygens (including phenoxy) is 2. The summed E-state index contributed by atoms with van der Waals surface area (Å²) < 4.78 is 11.2. The summed E-state index contributed by atoms with van der Waals surface area (Å²) in [6, 6.07) is 9.56. The Balaban J connectivity index is 1.66. The van der Waals surface area contributed by atoms with E-state index < -0.39 is 5.41 Å². The molecule has 1 aromatic rings. The van der Waals surface area contributed by atoms with Crippen molar-refractivity contribution < 1.29 is 19.1 Å². The quantitative estimate of drug-likeness (QED) is 0.775. The van der Waals surface area contributed by atoms with Gasteiger partial charge in [-0.2, -0.15) is 0 Å². The van der Waals surface area contributed by atoms with Crippen LogP contribution in [0.2, 0.25) is 0 Å². The third kappa shape index (κ3) is 3.54. The Morgan fingerprint density at radius 3 is 2.52 bits per heavy atom. The Bertz CT molecular complexity index is 539. The summed E-state index contributed by atoms with van der Waals surface area (Å²) in [7, 11) is 0. The highest BCUT2D eigenvalue weighted by atomic mass is 16.7. The van der Waals surface area contributed by atoms with E-state index in [1.807, 2.05) is 30.3 Å². The highest BCUT2D eigenvalue weighted by Crippen LogP contribution is 2.31. The first-order chi connectivity index (χ1) is 11.2. The van der Waals surface area contributed by atoms with E-state index in [2.05, 4.69) is 10.9 Å². The highest BCUT2D eigenvalue weighted by Gasteiger charge is 2.50. The Kier molecular flexibility index (Phi) is 4.93. The molecule has 0 aliphatic carbocycles. The van der Waals surface area contributed by atoms with E-state index in [0.717, 1.165) is 24.8 Å². The van der Waals surface area contributed by atoms with E-state index in [1.54, 1.807) is 0 Å². The molecule has 2 N–H and O–H groups in total. The van der Waals surface area contributed by atoms with Gasteiger partial charge in [0, 0.05) is 6.61 Å². The molecule has 3 rings (SSSR count). The fraction of sp³-hybridized carbons (Fsp3) is 0.529. The molecule has 2 fully saturated rings. The second-order valence-electron chi connectivity index (χ2n) is 6.07. The van der Waals surface area contributed by atoms with E-state index in [0.29, 0.717) is 26.1 Å². The molecule has 6 nitrogen and oxygen atoms in total. The van der Waals surface area contributed by atoms with Crippen LogP contribution in [-0.4, -0.2) is 31.3 Å². The molecule has 124 valence electrons. The van der Waals surface area contributed by atoms with Crippen molar-refractivity contribution in [2.24, 2.45) is 5.41 Å². The Morgan fingerprint density at radius 2 is 1.87 bits per heavy atom. The van der Waals surface area contributed by atoms with Crippen molar-refractivity contribution in [3.63, 3.8) is 0 Å². The number of carbonyl (C=O) groups is 2. The average molecular weight is 318 g/mol. The predicted octanol–water partition coefficient (Wildman–Crippen LogP) is 1.31. The van der Waals surface area contributed by atoms with Gasteiger partial charge in [-0.25, -0.2) is 0 Å². The Labute approximate surface area is 135 Å². The molecule has 0 bridgehead atoms. The number of amides is 2. The summed E-state index contributed by atoms with van der Waals surface area (Å²) in [5.74, 6) is -0.584. The first kappa shape index (κ1) is 16.0. The van der Waals surface area contributed by atoms with Gasteiger partial charge in [0.25, 0.3) is 11.8 Å². The number of nitrogens with one attached hydrogen (secondary N) is 2. The largest absolute Gasteiger partial charge is 0.353 e. The van der Waals surface area contributed by atoms with E-state index in [9.17, 15) is 9.59 Å². The van der Waals surface area contributed by atoms with Gasteiger partial charge in [0.1, 0.15) is 5.41 Å². The molecule has 0 aromatic heterocycles. The van der Waals surface area contributed by atoms with Crippen LogP contribution in [0.1, 0.15) is 31.2 Å².